The Balaban J connectivity index is 0.000001000. The average Bonchev–Trinajstić information content (AvgIpc) is 2.04. The largest absolute Gasteiger partial charge is 0.412 e. The fraction of sp³-hybridized carbons (Fsp3) is 0. The van der Waals surface area contributed by atoms with E-state index >= 15 is 0 Å². The first-order valence-corrected chi connectivity index (χ1v) is 2.89. The number of aldehydes is 1. The van der Waals surface area contributed by atoms with Crippen molar-refractivity contribution in [1.82, 2.24) is 0 Å². The number of nitrogen functional groups attached to an aromatic ring is 1. The number of nitrogens with one attached hydrogen (secondary N) is 1. The minimum Gasteiger partial charge on any atom is -0.412 e. The second kappa shape index (κ2) is 4.43. The molecule has 0 radical (unpaired) electrons. The molecule has 1 rings (SSSR count). The molecule has 0 amide bonds. The summed E-state index contributed by atoms with van der Waals surface area (Å²) in [5.74, 6) is 5.12. The van der Waals surface area contributed by atoms with E-state index in [0.717, 1.165) is 6.29 Å². The predicted molar refractivity (Wildman–Crippen MR) is 43.3 cm³/mol. The number of para-hydroxylation sites is 1. The van der Waals surface area contributed by atoms with Gasteiger partial charge in [0.15, 0.2) is 6.29 Å². The first-order chi connectivity index (χ1) is 4.88. The SMILES string of the molecule is NNc1ccccc1C=O.O. The van der Waals surface area contributed by atoms with Crippen molar-refractivity contribution in [3.8, 4) is 0 Å². The number of hydrazine groups is 1. The lowest BCUT2D eigenvalue weighted by Crippen LogP contribution is -2.08. The highest BCUT2D eigenvalue weighted by molar-refractivity contribution is 5.83. The maximum atomic E-state index is 10.3. The van der Waals surface area contributed by atoms with E-state index in [4.69, 9.17) is 5.84 Å². The summed E-state index contributed by atoms with van der Waals surface area (Å²) in [7, 11) is 0. The summed E-state index contributed by atoms with van der Waals surface area (Å²) in [6.07, 6.45) is 0.759. The Labute approximate surface area is 64.3 Å². The van der Waals surface area contributed by atoms with Gasteiger partial charge in [-0.1, -0.05) is 12.1 Å². The number of nitrogens with two attached hydrogens (primary N) is 1. The van der Waals surface area contributed by atoms with Crippen LogP contribution in [-0.2, 0) is 0 Å². The second-order valence-electron chi connectivity index (χ2n) is 1.85. The van der Waals surface area contributed by atoms with E-state index in [-0.39, 0.29) is 5.48 Å². The standard InChI is InChI=1S/C7H8N2O.H2O/c8-9-7-4-2-1-3-6(7)5-10;/h1-5,9H,8H2;1H2. The molecule has 0 aliphatic rings. The van der Waals surface area contributed by atoms with Crippen LogP contribution in [0.15, 0.2) is 24.3 Å². The number of hydrogen-bond donors (Lipinski definition) is 2. The van der Waals surface area contributed by atoms with E-state index in [9.17, 15) is 4.79 Å². The van der Waals surface area contributed by atoms with E-state index in [1.807, 2.05) is 6.07 Å². The Hall–Kier alpha value is -1.39. The minimum atomic E-state index is 0. The van der Waals surface area contributed by atoms with Gasteiger partial charge in [0.05, 0.1) is 5.69 Å². The van der Waals surface area contributed by atoms with Crippen LogP contribution < -0.4 is 11.3 Å². The monoisotopic (exact) mass is 154 g/mol. The number of hydrogen-bond acceptors (Lipinski definition) is 3. The Morgan fingerprint density at radius 2 is 2.00 bits per heavy atom. The van der Waals surface area contributed by atoms with Crippen LogP contribution in [0.1, 0.15) is 10.4 Å². The number of carbonyl (C=O) groups is 1. The molecule has 0 spiro atoms. The zero-order valence-corrected chi connectivity index (χ0v) is 5.87. The van der Waals surface area contributed by atoms with E-state index in [1.54, 1.807) is 18.2 Å². The topological polar surface area (TPSA) is 86.6 Å². The molecule has 0 aliphatic carbocycles. The van der Waals surface area contributed by atoms with Gasteiger partial charge in [-0.3, -0.25) is 10.6 Å². The Kier molecular flexibility index (Phi) is 3.87. The molecule has 0 saturated carbocycles. The van der Waals surface area contributed by atoms with Crippen molar-refractivity contribution in [2.75, 3.05) is 5.43 Å². The number of anilines is 1. The van der Waals surface area contributed by atoms with Gasteiger partial charge in [0.25, 0.3) is 0 Å². The van der Waals surface area contributed by atoms with Crippen LogP contribution in [0.4, 0.5) is 5.69 Å². The van der Waals surface area contributed by atoms with Crippen LogP contribution in [0.25, 0.3) is 0 Å². The van der Waals surface area contributed by atoms with Crippen molar-refractivity contribution >= 4 is 12.0 Å². The molecule has 60 valence electrons. The summed E-state index contributed by atoms with van der Waals surface area (Å²) in [4.78, 5) is 10.3. The second-order valence-corrected chi connectivity index (χ2v) is 1.85. The molecule has 1 aromatic rings. The molecule has 0 unspecified atom stereocenters. The highest BCUT2D eigenvalue weighted by Gasteiger charge is 1.94. The molecule has 5 N–H and O–H groups in total. The number of rotatable bonds is 2. The van der Waals surface area contributed by atoms with E-state index in [1.165, 1.54) is 0 Å². The first-order valence-electron chi connectivity index (χ1n) is 2.89. The summed E-state index contributed by atoms with van der Waals surface area (Å²) in [5.41, 5.74) is 3.64. The van der Waals surface area contributed by atoms with Crippen LogP contribution in [0.2, 0.25) is 0 Å². The highest BCUT2D eigenvalue weighted by atomic mass is 16.1. The summed E-state index contributed by atoms with van der Waals surface area (Å²) in [6.45, 7) is 0. The van der Waals surface area contributed by atoms with Gasteiger partial charge in [-0.05, 0) is 12.1 Å². The molecule has 0 saturated heterocycles. The Morgan fingerprint density at radius 1 is 1.36 bits per heavy atom. The van der Waals surface area contributed by atoms with Gasteiger partial charge in [-0.15, -0.1) is 0 Å². The maximum absolute atomic E-state index is 10.3. The quantitative estimate of drug-likeness (QED) is 0.356. The molecular formula is C7H10N2O2. The molecule has 0 heterocycles. The predicted octanol–water partition coefficient (Wildman–Crippen LogP) is -0.0400. The smallest absolute Gasteiger partial charge is 0.152 e. The maximum Gasteiger partial charge on any atom is 0.152 e. The first kappa shape index (κ1) is 9.61. The summed E-state index contributed by atoms with van der Waals surface area (Å²) >= 11 is 0. The average molecular weight is 154 g/mol. The summed E-state index contributed by atoms with van der Waals surface area (Å²) in [5, 5.41) is 0. The van der Waals surface area contributed by atoms with Crippen LogP contribution in [0.5, 0.6) is 0 Å². The van der Waals surface area contributed by atoms with E-state index in [0.29, 0.717) is 11.3 Å². The molecule has 11 heavy (non-hydrogen) atoms. The number of carbonyl (C=O) groups excluding carboxylic acids is 1. The zero-order chi connectivity index (χ0) is 7.40. The van der Waals surface area contributed by atoms with Crippen LogP contribution >= 0.6 is 0 Å². The zero-order valence-electron chi connectivity index (χ0n) is 5.87. The van der Waals surface area contributed by atoms with Gasteiger partial charge in [0.1, 0.15) is 0 Å². The minimum absolute atomic E-state index is 0. The van der Waals surface area contributed by atoms with Crippen molar-refractivity contribution < 1.29 is 10.3 Å². The molecule has 0 fully saturated rings. The van der Waals surface area contributed by atoms with Gasteiger partial charge >= 0.3 is 0 Å². The van der Waals surface area contributed by atoms with Gasteiger partial charge in [0.2, 0.25) is 0 Å². The Bertz CT molecular complexity index is 238. The highest BCUT2D eigenvalue weighted by Crippen LogP contribution is 2.09. The van der Waals surface area contributed by atoms with Crippen LogP contribution in [-0.4, -0.2) is 11.8 Å². The van der Waals surface area contributed by atoms with Crippen LogP contribution in [0, 0.1) is 0 Å². The van der Waals surface area contributed by atoms with Gasteiger partial charge in [-0.2, -0.15) is 0 Å². The van der Waals surface area contributed by atoms with Crippen LogP contribution in [0.3, 0.4) is 0 Å². The van der Waals surface area contributed by atoms with E-state index < -0.39 is 0 Å². The van der Waals surface area contributed by atoms with Gasteiger partial charge < -0.3 is 10.9 Å². The summed E-state index contributed by atoms with van der Waals surface area (Å²) < 4.78 is 0. The van der Waals surface area contributed by atoms with Crippen molar-refractivity contribution in [3.05, 3.63) is 29.8 Å². The normalized spacial score (nSPS) is 8.09. The molecule has 0 atom stereocenters. The fourth-order valence-electron chi connectivity index (χ4n) is 0.731. The molecule has 0 bridgehead atoms. The van der Waals surface area contributed by atoms with Crippen molar-refractivity contribution in [1.29, 1.82) is 0 Å². The van der Waals surface area contributed by atoms with Crippen molar-refractivity contribution in [3.63, 3.8) is 0 Å². The molecule has 4 nitrogen and oxygen atoms in total. The lowest BCUT2D eigenvalue weighted by molar-refractivity contribution is 0.112. The molecule has 1 aromatic carbocycles. The number of benzene rings is 1. The third kappa shape index (κ3) is 2.03. The van der Waals surface area contributed by atoms with E-state index in [2.05, 4.69) is 5.43 Å². The summed E-state index contributed by atoms with van der Waals surface area (Å²) in [6, 6.07) is 7.03. The lowest BCUT2D eigenvalue weighted by atomic mass is 10.2. The molecular weight excluding hydrogens is 144 g/mol. The molecule has 4 heteroatoms. The third-order valence-corrected chi connectivity index (χ3v) is 1.24. The van der Waals surface area contributed by atoms with Gasteiger partial charge in [0, 0.05) is 5.56 Å². The van der Waals surface area contributed by atoms with Crippen molar-refractivity contribution in [2.24, 2.45) is 5.84 Å². The lowest BCUT2D eigenvalue weighted by Gasteiger charge is -2.00. The van der Waals surface area contributed by atoms with Crippen molar-refractivity contribution in [2.45, 2.75) is 0 Å². The fourth-order valence-corrected chi connectivity index (χ4v) is 0.731. The third-order valence-electron chi connectivity index (χ3n) is 1.24. The molecule has 0 aromatic heterocycles. The molecule has 0 aliphatic heterocycles. The Morgan fingerprint density at radius 3 is 2.45 bits per heavy atom. The van der Waals surface area contributed by atoms with Gasteiger partial charge in [-0.25, -0.2) is 0 Å².